The number of nitrogens with one attached hydrogen (secondary N) is 1. The summed E-state index contributed by atoms with van der Waals surface area (Å²) in [7, 11) is 0. The average molecular weight is 226 g/mol. The van der Waals surface area contributed by atoms with Gasteiger partial charge in [-0.3, -0.25) is 4.79 Å². The number of halogens is 3. The summed E-state index contributed by atoms with van der Waals surface area (Å²) in [6.45, 7) is 2.16. The molecule has 80 valence electrons. The highest BCUT2D eigenvalue weighted by Gasteiger charge is 2.41. The first-order valence-electron chi connectivity index (χ1n) is 3.90. The molecular formula is C7H9F3N2OS. The molecule has 1 rings (SSSR count). The molecule has 0 fully saturated rings. The number of carbonyl (C=O) groups excluding carboxylic acids is 1. The number of rotatable bonds is 3. The van der Waals surface area contributed by atoms with Crippen molar-refractivity contribution in [2.24, 2.45) is 0 Å². The summed E-state index contributed by atoms with van der Waals surface area (Å²) in [5.74, 6) is 0.0848. The predicted octanol–water partition coefficient (Wildman–Crippen LogP) is 1.49. The van der Waals surface area contributed by atoms with Gasteiger partial charge >= 0.3 is 6.18 Å². The van der Waals surface area contributed by atoms with E-state index in [0.29, 0.717) is 18.3 Å². The van der Waals surface area contributed by atoms with E-state index in [1.807, 2.05) is 0 Å². The van der Waals surface area contributed by atoms with E-state index in [2.05, 4.69) is 5.32 Å². The molecule has 0 aromatic rings. The van der Waals surface area contributed by atoms with E-state index in [1.165, 1.54) is 4.90 Å². The first kappa shape index (κ1) is 11.2. The first-order valence-corrected chi connectivity index (χ1v) is 4.88. The fourth-order valence-electron chi connectivity index (χ4n) is 1.10. The molecular weight excluding hydrogens is 217 g/mol. The number of carbonyl (C=O) groups is 1. The van der Waals surface area contributed by atoms with E-state index in [0.717, 1.165) is 0 Å². The maximum atomic E-state index is 12.4. The lowest BCUT2D eigenvalue weighted by Gasteiger charge is -2.18. The fraction of sp³-hybridized carbons (Fsp3) is 0.571. The van der Waals surface area contributed by atoms with Crippen molar-refractivity contribution in [3.8, 4) is 0 Å². The van der Waals surface area contributed by atoms with Crippen molar-refractivity contribution in [3.05, 3.63) is 10.7 Å². The molecule has 7 heteroatoms. The second kappa shape index (κ2) is 4.12. The molecule has 0 bridgehead atoms. The van der Waals surface area contributed by atoms with Crippen LogP contribution in [0.15, 0.2) is 10.7 Å². The number of alkyl halides is 3. The highest BCUT2D eigenvalue weighted by molar-refractivity contribution is 8.03. The van der Waals surface area contributed by atoms with Crippen LogP contribution in [0.4, 0.5) is 13.2 Å². The highest BCUT2D eigenvalue weighted by Crippen LogP contribution is 2.41. The molecule has 1 heterocycles. The molecule has 1 aliphatic heterocycles. The minimum atomic E-state index is -4.39. The molecule has 1 amide bonds. The van der Waals surface area contributed by atoms with Crippen LogP contribution < -0.4 is 5.32 Å². The minimum absolute atomic E-state index is 0.139. The van der Waals surface area contributed by atoms with Crippen molar-refractivity contribution < 1.29 is 18.0 Å². The Morgan fingerprint density at radius 1 is 1.64 bits per heavy atom. The molecule has 0 atom stereocenters. The zero-order valence-electron chi connectivity index (χ0n) is 7.39. The maximum absolute atomic E-state index is 12.4. The molecule has 0 spiro atoms. The van der Waals surface area contributed by atoms with Crippen LogP contribution in [0, 0.1) is 0 Å². The van der Waals surface area contributed by atoms with Gasteiger partial charge in [-0.15, -0.1) is 0 Å². The molecule has 0 unspecified atom stereocenters. The summed E-state index contributed by atoms with van der Waals surface area (Å²) in [6.07, 6.45) is -4.13. The van der Waals surface area contributed by atoms with Gasteiger partial charge in [0.2, 0.25) is 6.41 Å². The molecule has 14 heavy (non-hydrogen) atoms. The molecule has 0 aromatic heterocycles. The molecule has 0 saturated heterocycles. The highest BCUT2D eigenvalue weighted by atomic mass is 32.2. The smallest absolute Gasteiger partial charge is 0.348 e. The number of hydrogen-bond acceptors (Lipinski definition) is 3. The molecule has 1 aliphatic rings. The lowest BCUT2D eigenvalue weighted by Crippen LogP contribution is -2.29. The lowest BCUT2D eigenvalue weighted by atomic mass is 10.4. The van der Waals surface area contributed by atoms with Crippen LogP contribution in [0.5, 0.6) is 0 Å². The van der Waals surface area contributed by atoms with Gasteiger partial charge in [0.05, 0.1) is 5.88 Å². The van der Waals surface area contributed by atoms with Crippen LogP contribution in [0.2, 0.25) is 0 Å². The molecule has 0 radical (unpaired) electrons. The van der Waals surface area contributed by atoms with Crippen molar-refractivity contribution in [1.29, 1.82) is 0 Å². The quantitative estimate of drug-likeness (QED) is 0.740. The van der Waals surface area contributed by atoms with Crippen molar-refractivity contribution >= 4 is 18.2 Å². The van der Waals surface area contributed by atoms with Crippen LogP contribution in [-0.4, -0.2) is 29.9 Å². The summed E-state index contributed by atoms with van der Waals surface area (Å²) in [5, 5.41) is 2.09. The SMILES string of the molecule is CCN1CSC(C(F)(F)F)=C1NC=O. The van der Waals surface area contributed by atoms with E-state index in [1.54, 1.807) is 6.92 Å². The Morgan fingerprint density at radius 3 is 2.71 bits per heavy atom. The average Bonchev–Trinajstić information content (AvgIpc) is 2.47. The molecule has 1 N–H and O–H groups in total. The summed E-state index contributed by atoms with van der Waals surface area (Å²) < 4.78 is 37.1. The molecule has 0 aliphatic carbocycles. The Morgan fingerprint density at radius 2 is 2.29 bits per heavy atom. The van der Waals surface area contributed by atoms with Crippen LogP contribution in [0.1, 0.15) is 6.92 Å². The molecule has 0 saturated carbocycles. The van der Waals surface area contributed by atoms with Gasteiger partial charge in [0.15, 0.2) is 0 Å². The monoisotopic (exact) mass is 226 g/mol. The van der Waals surface area contributed by atoms with Gasteiger partial charge < -0.3 is 10.2 Å². The second-order valence-corrected chi connectivity index (χ2v) is 3.52. The fourth-order valence-corrected chi connectivity index (χ4v) is 2.18. The third-order valence-corrected chi connectivity index (χ3v) is 2.89. The summed E-state index contributed by atoms with van der Waals surface area (Å²) in [4.78, 5) is 10.9. The van der Waals surface area contributed by atoms with Crippen LogP contribution in [0.3, 0.4) is 0 Å². The maximum Gasteiger partial charge on any atom is 0.425 e. The minimum Gasteiger partial charge on any atom is -0.348 e. The third kappa shape index (κ3) is 2.14. The van der Waals surface area contributed by atoms with Crippen LogP contribution >= 0.6 is 11.8 Å². The van der Waals surface area contributed by atoms with Gasteiger partial charge in [0.1, 0.15) is 10.7 Å². The third-order valence-electron chi connectivity index (χ3n) is 1.73. The van der Waals surface area contributed by atoms with Crippen molar-refractivity contribution in [1.82, 2.24) is 10.2 Å². The summed E-state index contributed by atoms with van der Waals surface area (Å²) >= 11 is 0.689. The first-order chi connectivity index (χ1) is 6.50. The number of amides is 1. The number of nitrogens with zero attached hydrogens (tertiary/aromatic N) is 1. The second-order valence-electron chi connectivity index (χ2n) is 2.57. The Kier molecular flexibility index (Phi) is 3.30. The van der Waals surface area contributed by atoms with Crippen LogP contribution in [-0.2, 0) is 4.79 Å². The van der Waals surface area contributed by atoms with Gasteiger partial charge in [-0.05, 0) is 6.92 Å². The van der Waals surface area contributed by atoms with E-state index in [-0.39, 0.29) is 18.1 Å². The van der Waals surface area contributed by atoms with Crippen molar-refractivity contribution in [2.45, 2.75) is 13.1 Å². The number of hydrogen-bond donors (Lipinski definition) is 1. The van der Waals surface area contributed by atoms with E-state index >= 15 is 0 Å². The summed E-state index contributed by atoms with van der Waals surface area (Å²) in [5.41, 5.74) is 0. The zero-order valence-corrected chi connectivity index (χ0v) is 8.21. The van der Waals surface area contributed by atoms with Crippen molar-refractivity contribution in [2.75, 3.05) is 12.4 Å². The topological polar surface area (TPSA) is 32.3 Å². The lowest BCUT2D eigenvalue weighted by molar-refractivity contribution is -0.109. The predicted molar refractivity (Wildman–Crippen MR) is 47.1 cm³/mol. The number of allylic oxidation sites excluding steroid dienone is 1. The van der Waals surface area contributed by atoms with Gasteiger partial charge in [-0.2, -0.15) is 13.2 Å². The molecule has 3 nitrogen and oxygen atoms in total. The van der Waals surface area contributed by atoms with Crippen molar-refractivity contribution in [3.63, 3.8) is 0 Å². The van der Waals surface area contributed by atoms with Gasteiger partial charge in [-0.1, -0.05) is 11.8 Å². The Balaban J connectivity index is 2.96. The Labute approximate surface area is 83.3 Å². The van der Waals surface area contributed by atoms with E-state index < -0.39 is 11.1 Å². The van der Waals surface area contributed by atoms with Gasteiger partial charge in [0, 0.05) is 6.54 Å². The van der Waals surface area contributed by atoms with Gasteiger partial charge in [-0.25, -0.2) is 0 Å². The summed E-state index contributed by atoms with van der Waals surface area (Å²) in [6, 6.07) is 0. The largest absolute Gasteiger partial charge is 0.425 e. The Bertz CT molecular complexity index is 264. The Hall–Kier alpha value is -0.850. The zero-order chi connectivity index (χ0) is 10.8. The van der Waals surface area contributed by atoms with Crippen LogP contribution in [0.25, 0.3) is 0 Å². The van der Waals surface area contributed by atoms with E-state index in [4.69, 9.17) is 0 Å². The van der Waals surface area contributed by atoms with E-state index in [9.17, 15) is 18.0 Å². The molecule has 0 aromatic carbocycles. The number of thioether (sulfide) groups is 1. The van der Waals surface area contributed by atoms with Gasteiger partial charge in [0.25, 0.3) is 0 Å². The normalized spacial score (nSPS) is 17.6. The standard InChI is InChI=1S/C7H9F3N2OS/c1-2-12-4-14-5(7(8,9)10)6(12)11-3-13/h3H,2,4H2,1H3,(H,11,13).